The molecule has 3 rings (SSSR count). The fraction of sp³-hybridized carbons (Fsp3) is 0.143. The van der Waals surface area contributed by atoms with Crippen molar-refractivity contribution in [3.05, 3.63) is 94.8 Å². The van der Waals surface area contributed by atoms with Gasteiger partial charge in [-0.2, -0.15) is 0 Å². The van der Waals surface area contributed by atoms with Gasteiger partial charge in [-0.1, -0.05) is 60.1 Å². The zero-order chi connectivity index (χ0) is 18.4. The number of carbonyl (C=O) groups is 1. The van der Waals surface area contributed by atoms with Crippen LogP contribution in [0.15, 0.2) is 72.9 Å². The number of halogens is 1. The third kappa shape index (κ3) is 4.61. The molecule has 2 N–H and O–H groups in total. The molecule has 4 nitrogen and oxygen atoms in total. The summed E-state index contributed by atoms with van der Waals surface area (Å²) in [6.07, 6.45) is 1.62. The van der Waals surface area contributed by atoms with E-state index in [1.165, 1.54) is 0 Å². The predicted octanol–water partition coefficient (Wildman–Crippen LogP) is 4.84. The highest BCUT2D eigenvalue weighted by Gasteiger charge is 2.13. The van der Waals surface area contributed by atoms with Gasteiger partial charge < -0.3 is 10.6 Å². The molecule has 26 heavy (non-hydrogen) atoms. The summed E-state index contributed by atoms with van der Waals surface area (Å²) < 4.78 is 0. The summed E-state index contributed by atoms with van der Waals surface area (Å²) in [6.45, 7) is 2.53. The van der Waals surface area contributed by atoms with Crippen LogP contribution in [-0.2, 0) is 6.54 Å². The second-order valence-electron chi connectivity index (χ2n) is 5.98. The maximum atomic E-state index is 12.5. The number of hydrogen-bond acceptors (Lipinski definition) is 3. The van der Waals surface area contributed by atoms with Crippen LogP contribution >= 0.6 is 11.6 Å². The lowest BCUT2D eigenvalue weighted by molar-refractivity contribution is 0.0935. The highest BCUT2D eigenvalue weighted by Crippen LogP contribution is 2.18. The van der Waals surface area contributed by atoms with E-state index in [-0.39, 0.29) is 11.9 Å². The second kappa shape index (κ2) is 8.50. The van der Waals surface area contributed by atoms with Gasteiger partial charge in [-0.05, 0) is 36.2 Å². The van der Waals surface area contributed by atoms with Crippen LogP contribution in [0, 0.1) is 0 Å². The minimum atomic E-state index is -0.206. The van der Waals surface area contributed by atoms with Gasteiger partial charge in [0.05, 0.1) is 6.04 Å². The molecule has 1 heterocycles. The van der Waals surface area contributed by atoms with Crippen molar-refractivity contribution in [2.75, 3.05) is 5.32 Å². The van der Waals surface area contributed by atoms with Gasteiger partial charge in [0, 0.05) is 23.5 Å². The summed E-state index contributed by atoms with van der Waals surface area (Å²) in [5.41, 5.74) is 3.23. The van der Waals surface area contributed by atoms with Crippen molar-refractivity contribution < 1.29 is 4.79 Å². The maximum Gasteiger partial charge on any atom is 0.270 e. The molecule has 0 aliphatic heterocycles. The topological polar surface area (TPSA) is 54.0 Å². The molecule has 0 bridgehead atoms. The summed E-state index contributed by atoms with van der Waals surface area (Å²) in [6, 6.07) is 21.0. The molecule has 1 aromatic heterocycles. The monoisotopic (exact) mass is 365 g/mol. The number of nitrogens with one attached hydrogen (secondary N) is 2. The van der Waals surface area contributed by atoms with Gasteiger partial charge in [0.2, 0.25) is 0 Å². The van der Waals surface area contributed by atoms with E-state index in [0.29, 0.717) is 17.3 Å². The number of anilines is 1. The Morgan fingerprint density at radius 3 is 2.58 bits per heavy atom. The van der Waals surface area contributed by atoms with E-state index in [9.17, 15) is 4.79 Å². The van der Waals surface area contributed by atoms with Crippen LogP contribution in [0.3, 0.4) is 0 Å². The Morgan fingerprint density at radius 2 is 1.81 bits per heavy atom. The molecule has 0 saturated heterocycles. The molecule has 0 aliphatic rings. The van der Waals surface area contributed by atoms with Crippen molar-refractivity contribution in [2.24, 2.45) is 0 Å². The summed E-state index contributed by atoms with van der Waals surface area (Å²) >= 11 is 6.17. The first kappa shape index (κ1) is 18.0. The zero-order valence-corrected chi connectivity index (χ0v) is 15.2. The molecule has 1 atom stereocenters. The van der Waals surface area contributed by atoms with E-state index < -0.39 is 0 Å². The first-order valence-corrected chi connectivity index (χ1v) is 8.80. The minimum Gasteiger partial charge on any atom is -0.381 e. The second-order valence-corrected chi connectivity index (χ2v) is 6.39. The van der Waals surface area contributed by atoms with Crippen LogP contribution in [0.1, 0.15) is 34.6 Å². The average Bonchev–Trinajstić information content (AvgIpc) is 2.68. The molecule has 0 radical (unpaired) electrons. The van der Waals surface area contributed by atoms with Crippen LogP contribution in [0.4, 0.5) is 5.69 Å². The molecular formula is C21H20ClN3O. The van der Waals surface area contributed by atoms with E-state index in [4.69, 9.17) is 11.6 Å². The average molecular weight is 366 g/mol. The lowest BCUT2D eigenvalue weighted by Crippen LogP contribution is -2.27. The zero-order valence-electron chi connectivity index (χ0n) is 14.4. The van der Waals surface area contributed by atoms with Crippen molar-refractivity contribution in [1.82, 2.24) is 10.3 Å². The number of rotatable bonds is 6. The largest absolute Gasteiger partial charge is 0.381 e. The first-order chi connectivity index (χ1) is 12.6. The third-order valence-corrected chi connectivity index (χ3v) is 4.45. The van der Waals surface area contributed by atoms with E-state index in [0.717, 1.165) is 16.8 Å². The Morgan fingerprint density at radius 1 is 1.08 bits per heavy atom. The number of hydrogen-bond donors (Lipinski definition) is 2. The third-order valence-electron chi connectivity index (χ3n) is 4.08. The fourth-order valence-electron chi connectivity index (χ4n) is 2.60. The number of carbonyl (C=O) groups excluding carboxylic acids is 1. The van der Waals surface area contributed by atoms with E-state index in [1.807, 2.05) is 67.6 Å². The van der Waals surface area contributed by atoms with Crippen LogP contribution in [0.5, 0.6) is 0 Å². The molecule has 2 aromatic carbocycles. The quantitative estimate of drug-likeness (QED) is 0.657. The number of nitrogens with zero attached hydrogens (tertiary/aromatic N) is 1. The van der Waals surface area contributed by atoms with Crippen LogP contribution in [0.25, 0.3) is 0 Å². The Labute approximate surface area is 158 Å². The molecule has 0 fully saturated rings. The van der Waals surface area contributed by atoms with Crippen molar-refractivity contribution >= 4 is 23.2 Å². The molecule has 5 heteroatoms. The van der Waals surface area contributed by atoms with Gasteiger partial charge in [0.1, 0.15) is 5.69 Å². The van der Waals surface area contributed by atoms with E-state index in [1.54, 1.807) is 12.3 Å². The first-order valence-electron chi connectivity index (χ1n) is 8.42. The van der Waals surface area contributed by atoms with Gasteiger partial charge in [0.15, 0.2) is 0 Å². The Kier molecular flexibility index (Phi) is 5.87. The van der Waals surface area contributed by atoms with Crippen LogP contribution in [0.2, 0.25) is 5.02 Å². The van der Waals surface area contributed by atoms with Crippen molar-refractivity contribution in [1.29, 1.82) is 0 Å². The predicted molar refractivity (Wildman–Crippen MR) is 105 cm³/mol. The van der Waals surface area contributed by atoms with Crippen LogP contribution in [-0.4, -0.2) is 10.9 Å². The van der Waals surface area contributed by atoms with Crippen molar-refractivity contribution in [3.63, 3.8) is 0 Å². The van der Waals surface area contributed by atoms with Crippen molar-refractivity contribution in [2.45, 2.75) is 19.5 Å². The molecule has 1 unspecified atom stereocenters. The molecule has 0 spiro atoms. The molecule has 0 saturated carbocycles. The summed E-state index contributed by atoms with van der Waals surface area (Å²) in [7, 11) is 0. The molecular weight excluding hydrogens is 346 g/mol. The highest BCUT2D eigenvalue weighted by atomic mass is 35.5. The Hall–Kier alpha value is -2.85. The normalized spacial score (nSPS) is 11.6. The number of benzene rings is 2. The van der Waals surface area contributed by atoms with Crippen LogP contribution < -0.4 is 10.6 Å². The van der Waals surface area contributed by atoms with Gasteiger partial charge in [-0.3, -0.25) is 9.78 Å². The Balaban J connectivity index is 1.65. The standard InChI is InChI=1S/C21H20ClN3O/c1-15(16-7-3-2-4-8-16)25-21(26)20-13-18(11-12-23-20)24-14-17-9-5-6-10-19(17)22/h2-13,15H,14H2,1H3,(H,23,24)(H,25,26). The number of aromatic nitrogens is 1. The summed E-state index contributed by atoms with van der Waals surface area (Å²) in [5.74, 6) is -0.206. The number of pyridine rings is 1. The van der Waals surface area contributed by atoms with E-state index in [2.05, 4.69) is 15.6 Å². The minimum absolute atomic E-state index is 0.0924. The van der Waals surface area contributed by atoms with Gasteiger partial charge >= 0.3 is 0 Å². The molecule has 0 aliphatic carbocycles. The Bertz CT molecular complexity index is 883. The number of amides is 1. The van der Waals surface area contributed by atoms with Gasteiger partial charge in [0.25, 0.3) is 5.91 Å². The fourth-order valence-corrected chi connectivity index (χ4v) is 2.80. The smallest absolute Gasteiger partial charge is 0.270 e. The lowest BCUT2D eigenvalue weighted by atomic mass is 10.1. The maximum absolute atomic E-state index is 12.5. The summed E-state index contributed by atoms with van der Waals surface area (Å²) in [5, 5.41) is 6.96. The lowest BCUT2D eigenvalue weighted by Gasteiger charge is -2.14. The molecule has 132 valence electrons. The SMILES string of the molecule is CC(NC(=O)c1cc(NCc2ccccc2Cl)ccn1)c1ccccc1. The molecule has 1 amide bonds. The van der Waals surface area contributed by atoms with Crippen molar-refractivity contribution in [3.8, 4) is 0 Å². The van der Waals surface area contributed by atoms with Gasteiger partial charge in [-0.25, -0.2) is 0 Å². The van der Waals surface area contributed by atoms with E-state index >= 15 is 0 Å². The molecule has 3 aromatic rings. The summed E-state index contributed by atoms with van der Waals surface area (Å²) in [4.78, 5) is 16.7. The highest BCUT2D eigenvalue weighted by molar-refractivity contribution is 6.31. The van der Waals surface area contributed by atoms with Gasteiger partial charge in [-0.15, -0.1) is 0 Å².